The van der Waals surface area contributed by atoms with Crippen molar-refractivity contribution in [2.24, 2.45) is 11.8 Å². The Bertz CT molecular complexity index is 2620. The minimum Gasteiger partial charge on any atom is -0.508 e. The van der Waals surface area contributed by atoms with Crippen LogP contribution in [0.2, 0.25) is 0 Å². The molecule has 12 nitrogen and oxygen atoms in total. The fourth-order valence-electron chi connectivity index (χ4n) is 13.6. The Hall–Kier alpha value is -3.86. The Balaban J connectivity index is 1.11. The standard InChI is InChI=1S/C57H72N2O10S2/c1-31(62)46-16-8-35-23-36(28-60)42-15-11-38(19-22-57(67)20-3-4-21-57)58-56(45-25-37(29-61)54(59-46)51(35)53(42)45)69-48-27-40(64)13-6-33-9-17-47(66)55(68-2)50(33)43-14-7-32-5-12-39(63)26-44(32)52(43)49-18-10-34(48)24-41(65)30-70-71-49/h5,7,9,12,14,17,25-26,34-36,38,41-42,46,48-49,56,58-61,63,65-67H,3-4,6,8,10-11,13,15-16,18-24,27-30H2,1-2H3/t34-,35+,36+,38-,41+,42+,46-,48+,49+,56+/m1/s1. The van der Waals surface area contributed by atoms with Crippen LogP contribution in [0, 0.1) is 11.8 Å². The van der Waals surface area contributed by atoms with Gasteiger partial charge in [0.25, 0.3) is 0 Å². The van der Waals surface area contributed by atoms with E-state index in [1.807, 2.05) is 30.3 Å². The molecule has 71 heavy (non-hydrogen) atoms. The molecular weight excluding hydrogens is 937 g/mol. The van der Waals surface area contributed by atoms with Crippen LogP contribution in [0.15, 0.2) is 48.5 Å². The number of carbonyl (C=O) groups excluding carboxylic acids is 2. The molecule has 14 heteroatoms. The number of ether oxygens (including phenoxy) is 2. The number of Topliss-reactive ketones (excluding diaryl/α,β-unsaturated/α-hetero) is 2. The number of aryl methyl sites for hydroxylation is 1. The van der Waals surface area contributed by atoms with E-state index >= 15 is 0 Å². The molecule has 0 unspecified atom stereocenters. The molecule has 4 aromatic carbocycles. The van der Waals surface area contributed by atoms with Crippen molar-refractivity contribution >= 4 is 49.6 Å². The zero-order chi connectivity index (χ0) is 49.6. The Morgan fingerprint density at radius 2 is 1.73 bits per heavy atom. The number of ketones is 2. The van der Waals surface area contributed by atoms with Crippen LogP contribution in [0.5, 0.6) is 17.2 Å². The summed E-state index contributed by atoms with van der Waals surface area (Å²) in [6, 6.07) is 14.6. The molecule has 8 N–H and O–H groups in total. The van der Waals surface area contributed by atoms with Gasteiger partial charge in [0.15, 0.2) is 17.3 Å². The van der Waals surface area contributed by atoms with Crippen molar-refractivity contribution in [1.82, 2.24) is 5.32 Å². The van der Waals surface area contributed by atoms with E-state index < -0.39 is 30.1 Å². The van der Waals surface area contributed by atoms with Crippen LogP contribution in [0.1, 0.15) is 166 Å². The molecule has 1 saturated carbocycles. The van der Waals surface area contributed by atoms with Crippen LogP contribution in [0.3, 0.4) is 0 Å². The molecule has 3 heterocycles. The van der Waals surface area contributed by atoms with Gasteiger partial charge >= 0.3 is 0 Å². The quantitative estimate of drug-likeness (QED) is 0.0737. The van der Waals surface area contributed by atoms with Crippen molar-refractivity contribution in [3.05, 3.63) is 81.9 Å². The molecule has 3 aliphatic carbocycles. The highest BCUT2D eigenvalue weighted by molar-refractivity contribution is 8.76. The lowest BCUT2D eigenvalue weighted by Crippen LogP contribution is -2.43. The van der Waals surface area contributed by atoms with Gasteiger partial charge in [-0.15, -0.1) is 0 Å². The maximum absolute atomic E-state index is 14.8. The van der Waals surface area contributed by atoms with Crippen LogP contribution in [-0.4, -0.2) is 91.6 Å². The molecule has 382 valence electrons. The molecule has 0 radical (unpaired) electrons. The number of methoxy groups -OCH3 is 1. The molecule has 2 fully saturated rings. The summed E-state index contributed by atoms with van der Waals surface area (Å²) in [5.74, 6) is 0.711. The minimum absolute atomic E-state index is 0.00564. The van der Waals surface area contributed by atoms with E-state index in [9.17, 15) is 40.2 Å². The van der Waals surface area contributed by atoms with E-state index in [-0.39, 0.29) is 84.1 Å². The van der Waals surface area contributed by atoms with Gasteiger partial charge in [0.05, 0.1) is 37.6 Å². The van der Waals surface area contributed by atoms with Crippen molar-refractivity contribution in [1.29, 1.82) is 0 Å². The number of rotatable bonds is 9. The summed E-state index contributed by atoms with van der Waals surface area (Å²) < 4.78 is 13.6. The number of fused-ring (bicyclic) bond motifs is 9. The number of anilines is 1. The van der Waals surface area contributed by atoms with Gasteiger partial charge in [-0.1, -0.05) is 58.7 Å². The van der Waals surface area contributed by atoms with Crippen molar-refractivity contribution in [2.45, 2.75) is 176 Å². The van der Waals surface area contributed by atoms with E-state index in [2.05, 4.69) is 16.7 Å². The van der Waals surface area contributed by atoms with Gasteiger partial charge in [0.2, 0.25) is 0 Å². The van der Waals surface area contributed by atoms with E-state index in [1.54, 1.807) is 47.8 Å². The summed E-state index contributed by atoms with van der Waals surface area (Å²) in [5.41, 5.74) is 7.32. The van der Waals surface area contributed by atoms with Gasteiger partial charge in [-0.3, -0.25) is 14.9 Å². The fourth-order valence-corrected chi connectivity index (χ4v) is 16.5. The first-order valence-corrected chi connectivity index (χ1v) is 28.7. The molecule has 6 aliphatic rings. The van der Waals surface area contributed by atoms with Gasteiger partial charge in [-0.05, 0) is 182 Å². The number of carbonyl (C=O) groups is 2. The second-order valence-corrected chi connectivity index (χ2v) is 24.4. The van der Waals surface area contributed by atoms with Gasteiger partial charge in [0.1, 0.15) is 17.8 Å². The molecule has 0 amide bonds. The molecule has 4 aromatic rings. The number of aromatic hydroxyl groups is 2. The highest BCUT2D eigenvalue weighted by Crippen LogP contribution is 2.56. The van der Waals surface area contributed by atoms with Crippen molar-refractivity contribution < 1.29 is 49.7 Å². The van der Waals surface area contributed by atoms with Gasteiger partial charge < -0.3 is 45.4 Å². The lowest BCUT2D eigenvalue weighted by Gasteiger charge is -2.44. The molecule has 0 spiro atoms. The average molecular weight is 1010 g/mol. The third-order valence-corrected chi connectivity index (χ3v) is 20.2. The molecule has 2 bridgehead atoms. The molecule has 10 rings (SSSR count). The van der Waals surface area contributed by atoms with Gasteiger partial charge in [-0.2, -0.15) is 0 Å². The normalized spacial score (nSPS) is 29.7. The summed E-state index contributed by atoms with van der Waals surface area (Å²) in [6.45, 7) is 1.37. The number of aliphatic hydroxyl groups excluding tert-OH is 3. The van der Waals surface area contributed by atoms with Crippen LogP contribution in [0.25, 0.3) is 21.9 Å². The Morgan fingerprint density at radius 1 is 0.915 bits per heavy atom. The SMILES string of the molecule is COc1c(O)ccc2c1-c1ccc3ccc(O)cc3c1[C@@H]1CC[C@H](C[C@H](O)CSS1)[C@@H](O[C@@H]1N[C@@H](CCC3(O)CCCC3)CC[C@@H]3c4c1cc(CO)c1c4[C@@H](CC[C@H](C(C)=O)N1)C[C@H]3CO)CC(=O)CC2. The number of benzene rings is 4. The Morgan fingerprint density at radius 3 is 2.51 bits per heavy atom. The maximum Gasteiger partial charge on any atom is 0.168 e. The predicted octanol–water partition coefficient (Wildman–Crippen LogP) is 10.2. The van der Waals surface area contributed by atoms with E-state index in [0.29, 0.717) is 62.0 Å². The van der Waals surface area contributed by atoms with Crippen molar-refractivity contribution in [3.8, 4) is 28.4 Å². The van der Waals surface area contributed by atoms with Crippen LogP contribution < -0.4 is 15.4 Å². The molecule has 0 aromatic heterocycles. The fraction of sp³-hybridized carbons (Fsp3) is 0.579. The first-order valence-electron chi connectivity index (χ1n) is 26.3. The van der Waals surface area contributed by atoms with E-state index in [4.69, 9.17) is 9.47 Å². The number of phenols is 2. The largest absolute Gasteiger partial charge is 0.508 e. The second kappa shape index (κ2) is 21.5. The first-order chi connectivity index (χ1) is 34.3. The highest BCUT2D eigenvalue weighted by Gasteiger charge is 2.45. The van der Waals surface area contributed by atoms with Crippen molar-refractivity contribution in [3.63, 3.8) is 0 Å². The van der Waals surface area contributed by atoms with Crippen LogP contribution in [0.4, 0.5) is 5.69 Å². The van der Waals surface area contributed by atoms with Crippen molar-refractivity contribution in [2.75, 3.05) is 24.8 Å². The molecular formula is C57H72N2O10S2. The third-order valence-electron chi connectivity index (χ3n) is 17.3. The van der Waals surface area contributed by atoms with E-state index in [1.165, 1.54) is 0 Å². The number of hydrogen-bond donors (Lipinski definition) is 8. The number of nitrogens with one attached hydrogen (secondary N) is 2. The third kappa shape index (κ3) is 10.4. The topological polar surface area (TPSA) is 198 Å². The molecule has 1 saturated heterocycles. The number of phenolic OH excluding ortho intramolecular Hbond substituents is 2. The Labute approximate surface area is 425 Å². The summed E-state index contributed by atoms with van der Waals surface area (Å²) in [6.07, 6.45) is 8.99. The highest BCUT2D eigenvalue weighted by atomic mass is 33.1. The average Bonchev–Trinajstić information content (AvgIpc) is 3.74. The maximum atomic E-state index is 14.8. The second-order valence-electron chi connectivity index (χ2n) is 21.7. The Kier molecular flexibility index (Phi) is 15.4. The lowest BCUT2D eigenvalue weighted by molar-refractivity contribution is -0.128. The summed E-state index contributed by atoms with van der Waals surface area (Å²) in [5, 5.41) is 77.6. The molecule has 3 aliphatic heterocycles. The summed E-state index contributed by atoms with van der Waals surface area (Å²) >= 11 is 0. The monoisotopic (exact) mass is 1010 g/mol. The lowest BCUT2D eigenvalue weighted by atomic mass is 9.65. The predicted molar refractivity (Wildman–Crippen MR) is 280 cm³/mol. The minimum atomic E-state index is -0.741. The van der Waals surface area contributed by atoms with Crippen LogP contribution >= 0.6 is 21.6 Å². The number of aliphatic hydroxyl groups is 4. The molecule has 10 atom stereocenters. The van der Waals surface area contributed by atoms with Gasteiger partial charge in [0, 0.05) is 53.3 Å². The van der Waals surface area contributed by atoms with E-state index in [0.717, 1.165) is 107 Å². The zero-order valence-electron chi connectivity index (χ0n) is 41.2. The summed E-state index contributed by atoms with van der Waals surface area (Å²) in [7, 11) is 4.87. The zero-order valence-corrected chi connectivity index (χ0v) is 42.8. The smallest absolute Gasteiger partial charge is 0.168 e. The summed E-state index contributed by atoms with van der Waals surface area (Å²) in [4.78, 5) is 27.9. The van der Waals surface area contributed by atoms with Crippen LogP contribution in [-0.2, 0) is 27.4 Å². The van der Waals surface area contributed by atoms with Gasteiger partial charge in [-0.25, -0.2) is 0 Å². The first kappa shape index (κ1) is 50.7. The number of hydrogen-bond acceptors (Lipinski definition) is 14.